The van der Waals surface area contributed by atoms with Gasteiger partial charge in [-0.15, -0.1) is 0 Å². The van der Waals surface area contributed by atoms with E-state index in [4.69, 9.17) is 17.0 Å². The second-order valence-electron chi connectivity index (χ2n) is 8.88. The predicted octanol–water partition coefficient (Wildman–Crippen LogP) is 2.48. The molecule has 3 aliphatic rings. The van der Waals surface area contributed by atoms with Gasteiger partial charge in [0.1, 0.15) is 0 Å². The number of rotatable bonds is 4. The molecule has 2 unspecified atom stereocenters. The smallest absolute Gasteiger partial charge is 0.169 e. The van der Waals surface area contributed by atoms with Crippen LogP contribution >= 0.6 is 12.2 Å². The summed E-state index contributed by atoms with van der Waals surface area (Å²) in [6.45, 7) is 14.5. The van der Waals surface area contributed by atoms with Crippen LogP contribution in [0.3, 0.4) is 0 Å². The molecule has 2 saturated heterocycles. The second kappa shape index (κ2) is 6.85. The minimum absolute atomic E-state index is 0.450. The van der Waals surface area contributed by atoms with Crippen LogP contribution in [0.4, 0.5) is 0 Å². The summed E-state index contributed by atoms with van der Waals surface area (Å²) < 4.78 is 5.39. The van der Waals surface area contributed by atoms with Crippen molar-refractivity contribution in [2.75, 3.05) is 45.9 Å². The third-order valence-electron chi connectivity index (χ3n) is 5.71. The van der Waals surface area contributed by atoms with Gasteiger partial charge in [0, 0.05) is 32.2 Å². The largest absolute Gasteiger partial charge is 0.379 e. The molecular formula is C18H33N3OS. The highest BCUT2D eigenvalue weighted by Gasteiger charge is 2.50. The predicted molar refractivity (Wildman–Crippen MR) is 98.7 cm³/mol. The Hall–Kier alpha value is -0.390. The topological polar surface area (TPSA) is 27.7 Å². The van der Waals surface area contributed by atoms with Gasteiger partial charge in [-0.25, -0.2) is 0 Å². The third kappa shape index (κ3) is 4.37. The Morgan fingerprint density at radius 1 is 1.22 bits per heavy atom. The van der Waals surface area contributed by atoms with Crippen LogP contribution in [0.25, 0.3) is 0 Å². The van der Waals surface area contributed by atoms with Crippen molar-refractivity contribution in [1.29, 1.82) is 0 Å². The molecule has 0 aromatic carbocycles. The van der Waals surface area contributed by atoms with E-state index in [-0.39, 0.29) is 0 Å². The Morgan fingerprint density at radius 3 is 2.70 bits per heavy atom. The van der Waals surface area contributed by atoms with E-state index in [0.29, 0.717) is 16.9 Å². The van der Waals surface area contributed by atoms with Crippen molar-refractivity contribution in [3.8, 4) is 0 Å². The molecule has 2 heterocycles. The van der Waals surface area contributed by atoms with Crippen LogP contribution in [0.15, 0.2) is 0 Å². The number of hydrogen-bond donors (Lipinski definition) is 1. The molecule has 5 heteroatoms. The average Bonchev–Trinajstić information content (AvgIpc) is 2.73. The SMILES string of the molecule is CC1(C)CC2CC(C)(CN2C(=S)NCCCN2CCOCC2)C1. The molecule has 0 aromatic rings. The van der Waals surface area contributed by atoms with Gasteiger partial charge in [-0.05, 0) is 55.3 Å². The lowest BCUT2D eigenvalue weighted by atomic mass is 9.65. The van der Waals surface area contributed by atoms with Crippen LogP contribution < -0.4 is 5.32 Å². The fourth-order valence-corrected chi connectivity index (χ4v) is 5.44. The van der Waals surface area contributed by atoms with Crippen molar-refractivity contribution in [1.82, 2.24) is 15.1 Å². The van der Waals surface area contributed by atoms with Gasteiger partial charge >= 0.3 is 0 Å². The van der Waals surface area contributed by atoms with Crippen molar-refractivity contribution in [3.05, 3.63) is 0 Å². The number of ether oxygens (including phenoxy) is 1. The molecule has 2 aliphatic heterocycles. The molecule has 3 fully saturated rings. The molecule has 1 N–H and O–H groups in total. The number of likely N-dealkylation sites (tertiary alicyclic amines) is 1. The van der Waals surface area contributed by atoms with Crippen LogP contribution in [0.1, 0.15) is 46.5 Å². The van der Waals surface area contributed by atoms with Crippen molar-refractivity contribution < 1.29 is 4.74 Å². The molecule has 2 bridgehead atoms. The van der Waals surface area contributed by atoms with Crippen LogP contribution in [-0.4, -0.2) is 66.9 Å². The lowest BCUT2D eigenvalue weighted by Crippen LogP contribution is -2.44. The van der Waals surface area contributed by atoms with Crippen molar-refractivity contribution >= 4 is 17.3 Å². The zero-order chi connectivity index (χ0) is 16.5. The van der Waals surface area contributed by atoms with Gasteiger partial charge in [-0.2, -0.15) is 0 Å². The molecule has 23 heavy (non-hydrogen) atoms. The molecule has 132 valence electrons. The Labute approximate surface area is 146 Å². The quantitative estimate of drug-likeness (QED) is 0.627. The number of thiocarbonyl (C=S) groups is 1. The number of fused-ring (bicyclic) bond motifs is 2. The summed E-state index contributed by atoms with van der Waals surface area (Å²) in [5, 5.41) is 4.51. The van der Waals surface area contributed by atoms with Crippen LogP contribution in [0.2, 0.25) is 0 Å². The molecule has 3 rings (SSSR count). The van der Waals surface area contributed by atoms with Gasteiger partial charge in [-0.3, -0.25) is 4.90 Å². The van der Waals surface area contributed by atoms with Gasteiger partial charge in [0.05, 0.1) is 13.2 Å². The minimum atomic E-state index is 0.450. The summed E-state index contributed by atoms with van der Waals surface area (Å²) in [6.07, 6.45) is 5.07. The highest BCUT2D eigenvalue weighted by molar-refractivity contribution is 7.80. The normalized spacial score (nSPS) is 33.7. The summed E-state index contributed by atoms with van der Waals surface area (Å²) >= 11 is 5.71. The third-order valence-corrected chi connectivity index (χ3v) is 6.09. The first-order valence-electron chi connectivity index (χ1n) is 9.22. The van der Waals surface area contributed by atoms with Crippen molar-refractivity contribution in [2.45, 2.75) is 52.5 Å². The average molecular weight is 340 g/mol. The molecule has 0 amide bonds. The maximum atomic E-state index is 5.71. The van der Waals surface area contributed by atoms with E-state index >= 15 is 0 Å². The van der Waals surface area contributed by atoms with E-state index in [0.717, 1.165) is 57.5 Å². The highest BCUT2D eigenvalue weighted by atomic mass is 32.1. The molecule has 0 aromatic heterocycles. The van der Waals surface area contributed by atoms with Gasteiger partial charge in [0.25, 0.3) is 0 Å². The molecule has 2 atom stereocenters. The highest BCUT2D eigenvalue weighted by Crippen LogP contribution is 2.52. The molecule has 4 nitrogen and oxygen atoms in total. The van der Waals surface area contributed by atoms with E-state index in [1.54, 1.807) is 0 Å². The summed E-state index contributed by atoms with van der Waals surface area (Å²) in [5.41, 5.74) is 0.907. The lowest BCUT2D eigenvalue weighted by Gasteiger charge is -2.39. The molecule has 0 spiro atoms. The van der Waals surface area contributed by atoms with E-state index in [1.807, 2.05) is 0 Å². The fourth-order valence-electron chi connectivity index (χ4n) is 5.12. The maximum Gasteiger partial charge on any atom is 0.169 e. The minimum Gasteiger partial charge on any atom is -0.379 e. The first kappa shape index (κ1) is 17.4. The Kier molecular flexibility index (Phi) is 5.19. The van der Waals surface area contributed by atoms with Crippen LogP contribution in [-0.2, 0) is 4.74 Å². The summed E-state index contributed by atoms with van der Waals surface area (Å²) in [6, 6.07) is 0.642. The molecule has 1 saturated carbocycles. The Balaban J connectivity index is 1.42. The van der Waals surface area contributed by atoms with E-state index in [1.165, 1.54) is 19.3 Å². The standard InChI is InChI=1S/C18H33N3OS/c1-17(2)11-15-12-18(3,13-17)14-21(15)16(23)19-5-4-6-20-7-9-22-10-8-20/h15H,4-14H2,1-3H3,(H,19,23). The lowest BCUT2D eigenvalue weighted by molar-refractivity contribution is 0.0375. The first-order valence-corrected chi connectivity index (χ1v) is 9.62. The monoisotopic (exact) mass is 339 g/mol. The number of hydrogen-bond acceptors (Lipinski definition) is 3. The fraction of sp³-hybridized carbons (Fsp3) is 0.944. The van der Waals surface area contributed by atoms with Gasteiger partial charge in [0.15, 0.2) is 5.11 Å². The first-order chi connectivity index (χ1) is 10.9. The van der Waals surface area contributed by atoms with Gasteiger partial charge < -0.3 is 15.0 Å². The van der Waals surface area contributed by atoms with Crippen LogP contribution in [0, 0.1) is 10.8 Å². The van der Waals surface area contributed by atoms with Crippen molar-refractivity contribution in [3.63, 3.8) is 0 Å². The van der Waals surface area contributed by atoms with Gasteiger partial charge in [0.2, 0.25) is 0 Å². The molecular weight excluding hydrogens is 306 g/mol. The zero-order valence-electron chi connectivity index (χ0n) is 15.1. The van der Waals surface area contributed by atoms with Crippen molar-refractivity contribution in [2.24, 2.45) is 10.8 Å². The second-order valence-corrected chi connectivity index (χ2v) is 9.27. The zero-order valence-corrected chi connectivity index (χ0v) is 15.9. The van der Waals surface area contributed by atoms with Crippen LogP contribution in [0.5, 0.6) is 0 Å². The summed E-state index contributed by atoms with van der Waals surface area (Å²) in [4.78, 5) is 4.97. The maximum absolute atomic E-state index is 5.71. The number of morpholine rings is 1. The summed E-state index contributed by atoms with van der Waals surface area (Å²) in [7, 11) is 0. The van der Waals surface area contributed by atoms with E-state index in [2.05, 4.69) is 35.9 Å². The molecule has 1 aliphatic carbocycles. The Bertz CT molecular complexity index is 436. The molecule has 0 radical (unpaired) electrons. The van der Waals surface area contributed by atoms with E-state index in [9.17, 15) is 0 Å². The van der Waals surface area contributed by atoms with E-state index < -0.39 is 0 Å². The number of nitrogens with zero attached hydrogens (tertiary/aromatic N) is 2. The summed E-state index contributed by atoms with van der Waals surface area (Å²) in [5.74, 6) is 0. The Morgan fingerprint density at radius 2 is 1.96 bits per heavy atom. The number of nitrogens with one attached hydrogen (secondary N) is 1. The van der Waals surface area contributed by atoms with Gasteiger partial charge in [-0.1, -0.05) is 20.8 Å².